The Morgan fingerprint density at radius 2 is 1.94 bits per heavy atom. The van der Waals surface area contributed by atoms with E-state index in [2.05, 4.69) is 4.90 Å². The number of likely N-dealkylation sites (tertiary alicyclic amines) is 1. The standard InChI is InChI=1S/C11H21NO4S/c1-10(9-11(13)14)17(15,16)8-4-7-12-5-2-3-6-12/h10H,2-9H2,1H3,(H,13,14). The molecule has 1 saturated heterocycles. The molecule has 1 atom stereocenters. The number of hydrogen-bond donors (Lipinski definition) is 1. The van der Waals surface area contributed by atoms with E-state index < -0.39 is 21.1 Å². The molecule has 1 N–H and O–H groups in total. The fourth-order valence-electron chi connectivity index (χ4n) is 2.07. The van der Waals surface area contributed by atoms with Gasteiger partial charge in [-0.2, -0.15) is 0 Å². The molecule has 0 radical (unpaired) electrons. The maximum Gasteiger partial charge on any atom is 0.304 e. The summed E-state index contributed by atoms with van der Waals surface area (Å²) in [6.45, 7) is 4.40. The quantitative estimate of drug-likeness (QED) is 0.733. The Morgan fingerprint density at radius 3 is 2.47 bits per heavy atom. The van der Waals surface area contributed by atoms with Crippen molar-refractivity contribution in [3.05, 3.63) is 0 Å². The summed E-state index contributed by atoms with van der Waals surface area (Å²) < 4.78 is 23.5. The van der Waals surface area contributed by atoms with Gasteiger partial charge in [-0.25, -0.2) is 8.42 Å². The van der Waals surface area contributed by atoms with Crippen LogP contribution < -0.4 is 0 Å². The summed E-state index contributed by atoms with van der Waals surface area (Å²) in [5.74, 6) is -0.960. The molecule has 0 aromatic carbocycles. The first-order valence-electron chi connectivity index (χ1n) is 6.07. The molecule has 1 aliphatic rings. The maximum absolute atomic E-state index is 11.8. The van der Waals surface area contributed by atoms with Crippen molar-refractivity contribution in [2.24, 2.45) is 0 Å². The lowest BCUT2D eigenvalue weighted by molar-refractivity contribution is -0.136. The number of rotatable bonds is 7. The lowest BCUT2D eigenvalue weighted by atomic mass is 10.3. The second-order valence-corrected chi connectivity index (χ2v) is 7.22. The van der Waals surface area contributed by atoms with E-state index in [0.29, 0.717) is 6.42 Å². The number of sulfone groups is 1. The van der Waals surface area contributed by atoms with E-state index in [0.717, 1.165) is 19.6 Å². The third-order valence-electron chi connectivity index (χ3n) is 3.18. The summed E-state index contributed by atoms with van der Waals surface area (Å²) in [7, 11) is -3.25. The number of carboxylic acids is 1. The Kier molecular flexibility index (Phi) is 5.39. The van der Waals surface area contributed by atoms with Crippen LogP contribution in [0.5, 0.6) is 0 Å². The zero-order chi connectivity index (χ0) is 12.9. The number of hydrogen-bond acceptors (Lipinski definition) is 4. The Labute approximate surface area is 103 Å². The van der Waals surface area contributed by atoms with Crippen LogP contribution in [0.2, 0.25) is 0 Å². The summed E-state index contributed by atoms with van der Waals surface area (Å²) in [5, 5.41) is 7.79. The van der Waals surface area contributed by atoms with Crippen LogP contribution in [0.25, 0.3) is 0 Å². The van der Waals surface area contributed by atoms with Gasteiger partial charge in [0.25, 0.3) is 0 Å². The van der Waals surface area contributed by atoms with E-state index in [9.17, 15) is 13.2 Å². The molecule has 0 aromatic heterocycles. The zero-order valence-electron chi connectivity index (χ0n) is 10.3. The minimum Gasteiger partial charge on any atom is -0.481 e. The van der Waals surface area contributed by atoms with Crippen molar-refractivity contribution in [2.75, 3.05) is 25.4 Å². The molecule has 6 heteroatoms. The van der Waals surface area contributed by atoms with E-state index in [-0.39, 0.29) is 12.2 Å². The predicted molar refractivity (Wildman–Crippen MR) is 65.8 cm³/mol. The molecule has 1 fully saturated rings. The van der Waals surface area contributed by atoms with Gasteiger partial charge in [-0.1, -0.05) is 0 Å². The molecule has 0 aromatic rings. The molecular weight excluding hydrogens is 242 g/mol. The first-order valence-corrected chi connectivity index (χ1v) is 7.79. The molecular formula is C11H21NO4S. The smallest absolute Gasteiger partial charge is 0.304 e. The van der Waals surface area contributed by atoms with Crippen LogP contribution in [-0.2, 0) is 14.6 Å². The third kappa shape index (κ3) is 5.04. The van der Waals surface area contributed by atoms with Gasteiger partial charge in [-0.15, -0.1) is 0 Å². The third-order valence-corrected chi connectivity index (χ3v) is 5.43. The van der Waals surface area contributed by atoms with Crippen molar-refractivity contribution in [1.82, 2.24) is 4.90 Å². The average Bonchev–Trinajstić information content (AvgIpc) is 2.69. The van der Waals surface area contributed by atoms with Crippen LogP contribution in [0.1, 0.15) is 32.6 Å². The molecule has 1 unspecified atom stereocenters. The molecule has 1 heterocycles. The second-order valence-electron chi connectivity index (χ2n) is 4.68. The van der Waals surface area contributed by atoms with Gasteiger partial charge in [-0.3, -0.25) is 4.79 Å². The summed E-state index contributed by atoms with van der Waals surface area (Å²) in [4.78, 5) is 12.7. The molecule has 0 bridgehead atoms. The van der Waals surface area contributed by atoms with Crippen LogP contribution in [-0.4, -0.2) is 55.0 Å². The van der Waals surface area contributed by atoms with Crippen LogP contribution in [0.3, 0.4) is 0 Å². The van der Waals surface area contributed by atoms with E-state index in [1.165, 1.54) is 19.8 Å². The molecule has 0 spiro atoms. The minimum absolute atomic E-state index is 0.0952. The largest absolute Gasteiger partial charge is 0.481 e. The lowest BCUT2D eigenvalue weighted by Crippen LogP contribution is -2.27. The normalized spacial score (nSPS) is 19.4. The van der Waals surface area contributed by atoms with Crippen LogP contribution in [0, 0.1) is 0 Å². The molecule has 100 valence electrons. The predicted octanol–water partition coefficient (Wildman–Crippen LogP) is 0.750. The number of aliphatic carboxylic acids is 1. The van der Waals surface area contributed by atoms with Gasteiger partial charge in [0.05, 0.1) is 17.4 Å². The molecule has 1 aliphatic heterocycles. The highest BCUT2D eigenvalue weighted by Gasteiger charge is 2.23. The maximum atomic E-state index is 11.8. The Bertz CT molecular complexity index is 346. The SMILES string of the molecule is CC(CC(=O)O)S(=O)(=O)CCCN1CCCC1. The monoisotopic (exact) mass is 263 g/mol. The van der Waals surface area contributed by atoms with Crippen molar-refractivity contribution in [2.45, 2.75) is 37.9 Å². The van der Waals surface area contributed by atoms with Crippen molar-refractivity contribution in [3.8, 4) is 0 Å². The van der Waals surface area contributed by atoms with Gasteiger partial charge in [0.1, 0.15) is 0 Å². The fraction of sp³-hybridized carbons (Fsp3) is 0.909. The Balaban J connectivity index is 2.30. The minimum atomic E-state index is -3.25. The molecule has 17 heavy (non-hydrogen) atoms. The summed E-state index contributed by atoms with van der Waals surface area (Å²) in [6.07, 6.45) is 2.70. The van der Waals surface area contributed by atoms with Gasteiger partial charge in [-0.05, 0) is 45.8 Å². The summed E-state index contributed by atoms with van der Waals surface area (Å²) >= 11 is 0. The first-order chi connectivity index (χ1) is 7.92. The number of nitrogens with zero attached hydrogens (tertiary/aromatic N) is 1. The van der Waals surface area contributed by atoms with Crippen LogP contribution in [0.4, 0.5) is 0 Å². The van der Waals surface area contributed by atoms with Gasteiger partial charge >= 0.3 is 5.97 Å². The van der Waals surface area contributed by atoms with Gasteiger partial charge in [0.2, 0.25) is 0 Å². The number of carbonyl (C=O) groups is 1. The van der Waals surface area contributed by atoms with Crippen molar-refractivity contribution < 1.29 is 18.3 Å². The van der Waals surface area contributed by atoms with Crippen molar-refractivity contribution >= 4 is 15.8 Å². The molecule has 5 nitrogen and oxygen atoms in total. The van der Waals surface area contributed by atoms with E-state index in [1.807, 2.05) is 0 Å². The highest BCUT2D eigenvalue weighted by Crippen LogP contribution is 2.11. The highest BCUT2D eigenvalue weighted by molar-refractivity contribution is 7.92. The summed E-state index contributed by atoms with van der Waals surface area (Å²) in [6, 6.07) is 0. The van der Waals surface area contributed by atoms with Crippen LogP contribution in [0.15, 0.2) is 0 Å². The van der Waals surface area contributed by atoms with Crippen LogP contribution >= 0.6 is 0 Å². The Morgan fingerprint density at radius 1 is 1.35 bits per heavy atom. The number of carboxylic acid groups (broad SMARTS) is 1. The van der Waals surface area contributed by atoms with E-state index >= 15 is 0 Å². The molecule has 1 rings (SSSR count). The topological polar surface area (TPSA) is 74.7 Å². The highest BCUT2D eigenvalue weighted by atomic mass is 32.2. The summed E-state index contributed by atoms with van der Waals surface area (Å²) in [5.41, 5.74) is 0. The molecule has 0 saturated carbocycles. The second kappa shape index (κ2) is 6.35. The van der Waals surface area contributed by atoms with E-state index in [4.69, 9.17) is 5.11 Å². The molecule has 0 amide bonds. The first kappa shape index (κ1) is 14.4. The Hall–Kier alpha value is -0.620. The lowest BCUT2D eigenvalue weighted by Gasteiger charge is -2.15. The van der Waals surface area contributed by atoms with Gasteiger partial charge < -0.3 is 10.0 Å². The van der Waals surface area contributed by atoms with Crippen molar-refractivity contribution in [1.29, 1.82) is 0 Å². The zero-order valence-corrected chi connectivity index (χ0v) is 11.1. The van der Waals surface area contributed by atoms with E-state index in [1.54, 1.807) is 0 Å². The van der Waals surface area contributed by atoms with Gasteiger partial charge in [0, 0.05) is 0 Å². The fourth-order valence-corrected chi connectivity index (χ4v) is 3.40. The molecule has 0 aliphatic carbocycles. The van der Waals surface area contributed by atoms with Gasteiger partial charge in [0.15, 0.2) is 9.84 Å². The average molecular weight is 263 g/mol. The van der Waals surface area contributed by atoms with Crippen molar-refractivity contribution in [3.63, 3.8) is 0 Å².